The minimum absolute atomic E-state index is 0.0357. The zero-order valence-corrected chi connectivity index (χ0v) is 20.8. The Labute approximate surface area is 217 Å². The van der Waals surface area contributed by atoms with E-state index in [2.05, 4.69) is 29.7 Å². The standard InChI is InChI=1S/C34H22O2S/c35-37(36)23-29-22-32-28(21-19-26-12-5-2-6-13-26)15-9-17-31(32)34(33(29)24-37)30-16-8-7-14-27(30)20-18-25-10-3-1-4-11-25/h1-17,22H,23-24H2. The Balaban J connectivity index is 1.59. The number of benzene rings is 5. The molecule has 1 heterocycles. The van der Waals surface area contributed by atoms with Gasteiger partial charge in [-0.15, -0.1) is 0 Å². The highest BCUT2D eigenvalue weighted by atomic mass is 32.2. The summed E-state index contributed by atoms with van der Waals surface area (Å²) in [7, 11) is -3.22. The average molecular weight is 495 g/mol. The van der Waals surface area contributed by atoms with Gasteiger partial charge in [-0.2, -0.15) is 0 Å². The zero-order valence-electron chi connectivity index (χ0n) is 20.0. The van der Waals surface area contributed by atoms with Crippen LogP contribution in [0.1, 0.15) is 33.4 Å². The molecule has 37 heavy (non-hydrogen) atoms. The molecule has 0 bridgehead atoms. The minimum atomic E-state index is -3.22. The first-order valence-electron chi connectivity index (χ1n) is 12.1. The van der Waals surface area contributed by atoms with Crippen molar-refractivity contribution in [2.45, 2.75) is 11.5 Å². The van der Waals surface area contributed by atoms with Gasteiger partial charge in [-0.1, -0.05) is 90.4 Å². The first-order valence-corrected chi connectivity index (χ1v) is 13.9. The van der Waals surface area contributed by atoms with Gasteiger partial charge >= 0.3 is 0 Å². The van der Waals surface area contributed by atoms with Crippen molar-refractivity contribution in [2.24, 2.45) is 0 Å². The maximum absolute atomic E-state index is 12.8. The Morgan fingerprint density at radius 1 is 0.541 bits per heavy atom. The summed E-state index contributed by atoms with van der Waals surface area (Å²) in [4.78, 5) is 0. The van der Waals surface area contributed by atoms with Gasteiger partial charge in [-0.05, 0) is 75.5 Å². The highest BCUT2D eigenvalue weighted by Gasteiger charge is 2.29. The molecule has 0 spiro atoms. The third kappa shape index (κ3) is 4.66. The summed E-state index contributed by atoms with van der Waals surface area (Å²) in [5.41, 5.74) is 7.21. The van der Waals surface area contributed by atoms with Crippen molar-refractivity contribution in [3.8, 4) is 34.8 Å². The van der Waals surface area contributed by atoms with Crippen LogP contribution in [0.25, 0.3) is 21.9 Å². The summed E-state index contributed by atoms with van der Waals surface area (Å²) in [5, 5.41) is 1.95. The Hall–Kier alpha value is -4.57. The minimum Gasteiger partial charge on any atom is -0.228 e. The van der Waals surface area contributed by atoms with Gasteiger partial charge in [0, 0.05) is 22.3 Å². The third-order valence-corrected chi connectivity index (χ3v) is 8.03. The lowest BCUT2D eigenvalue weighted by Crippen LogP contribution is -1.97. The first-order chi connectivity index (χ1) is 18.1. The normalized spacial score (nSPS) is 13.2. The molecule has 0 aromatic heterocycles. The second-order valence-corrected chi connectivity index (χ2v) is 11.2. The van der Waals surface area contributed by atoms with Crippen LogP contribution in [-0.2, 0) is 21.3 Å². The van der Waals surface area contributed by atoms with Crippen LogP contribution in [0.15, 0.2) is 109 Å². The van der Waals surface area contributed by atoms with Crippen LogP contribution in [0, 0.1) is 23.7 Å². The Kier molecular flexibility index (Phi) is 5.85. The third-order valence-electron chi connectivity index (χ3n) is 6.55. The van der Waals surface area contributed by atoms with Crippen LogP contribution in [0.2, 0.25) is 0 Å². The number of hydrogen-bond acceptors (Lipinski definition) is 2. The van der Waals surface area contributed by atoms with Gasteiger partial charge in [-0.25, -0.2) is 8.42 Å². The molecular weight excluding hydrogens is 472 g/mol. The molecule has 5 aromatic carbocycles. The Bertz CT molecular complexity index is 1880. The average Bonchev–Trinajstić information content (AvgIpc) is 3.24. The molecule has 2 nitrogen and oxygen atoms in total. The zero-order chi connectivity index (χ0) is 25.2. The summed E-state index contributed by atoms with van der Waals surface area (Å²) in [6.45, 7) is 0. The van der Waals surface area contributed by atoms with Gasteiger partial charge in [0.2, 0.25) is 0 Å². The second-order valence-electron chi connectivity index (χ2n) is 9.10. The van der Waals surface area contributed by atoms with Crippen LogP contribution in [0.5, 0.6) is 0 Å². The SMILES string of the molecule is O=S1(=O)Cc2cc3c(C#Cc4ccccc4)cccc3c(-c3ccccc3C#Cc3ccccc3)c2C1. The monoisotopic (exact) mass is 494 g/mol. The van der Waals surface area contributed by atoms with Gasteiger partial charge in [0.1, 0.15) is 0 Å². The summed E-state index contributed by atoms with van der Waals surface area (Å²) < 4.78 is 25.6. The van der Waals surface area contributed by atoms with Crippen molar-refractivity contribution in [3.05, 3.63) is 143 Å². The highest BCUT2D eigenvalue weighted by Crippen LogP contribution is 2.41. The van der Waals surface area contributed by atoms with Crippen molar-refractivity contribution < 1.29 is 8.42 Å². The molecule has 1 aliphatic rings. The topological polar surface area (TPSA) is 34.1 Å². The van der Waals surface area contributed by atoms with E-state index in [1.165, 1.54) is 0 Å². The molecule has 0 saturated carbocycles. The molecule has 0 aliphatic carbocycles. The molecular formula is C34H22O2S. The molecule has 176 valence electrons. The predicted octanol–water partition coefficient (Wildman–Crippen LogP) is 6.73. The second kappa shape index (κ2) is 9.47. The molecule has 0 fully saturated rings. The fourth-order valence-corrected chi connectivity index (χ4v) is 6.48. The van der Waals surface area contributed by atoms with E-state index in [0.717, 1.165) is 55.3 Å². The van der Waals surface area contributed by atoms with E-state index in [-0.39, 0.29) is 11.5 Å². The molecule has 6 rings (SSSR count). The molecule has 0 saturated heterocycles. The lowest BCUT2D eigenvalue weighted by atomic mass is 9.87. The van der Waals surface area contributed by atoms with Crippen molar-refractivity contribution in [1.29, 1.82) is 0 Å². The smallest absolute Gasteiger partial charge is 0.158 e. The maximum atomic E-state index is 12.8. The van der Waals surface area contributed by atoms with E-state index in [9.17, 15) is 8.42 Å². The van der Waals surface area contributed by atoms with Crippen molar-refractivity contribution >= 4 is 20.6 Å². The van der Waals surface area contributed by atoms with Gasteiger partial charge < -0.3 is 0 Å². The van der Waals surface area contributed by atoms with Gasteiger partial charge in [0.15, 0.2) is 9.84 Å². The van der Waals surface area contributed by atoms with Crippen LogP contribution in [-0.4, -0.2) is 8.42 Å². The van der Waals surface area contributed by atoms with Crippen LogP contribution < -0.4 is 0 Å². The van der Waals surface area contributed by atoms with Crippen molar-refractivity contribution in [1.82, 2.24) is 0 Å². The van der Waals surface area contributed by atoms with Gasteiger partial charge in [-0.3, -0.25) is 0 Å². The fourth-order valence-electron chi connectivity index (χ4n) is 4.87. The first kappa shape index (κ1) is 22.9. The predicted molar refractivity (Wildman–Crippen MR) is 151 cm³/mol. The number of rotatable bonds is 1. The molecule has 0 N–H and O–H groups in total. The summed E-state index contributed by atoms with van der Waals surface area (Å²) in [6.07, 6.45) is 0. The lowest BCUT2D eigenvalue weighted by molar-refractivity contribution is 0.598. The number of fused-ring (bicyclic) bond motifs is 2. The molecule has 0 atom stereocenters. The van der Waals surface area contributed by atoms with Crippen LogP contribution in [0.4, 0.5) is 0 Å². The van der Waals surface area contributed by atoms with E-state index >= 15 is 0 Å². The molecule has 0 radical (unpaired) electrons. The summed E-state index contributed by atoms with van der Waals surface area (Å²) in [6, 6.07) is 35.8. The number of hydrogen-bond donors (Lipinski definition) is 0. The highest BCUT2D eigenvalue weighted by molar-refractivity contribution is 7.90. The Morgan fingerprint density at radius 2 is 1.14 bits per heavy atom. The van der Waals surface area contributed by atoms with E-state index < -0.39 is 9.84 Å². The fraction of sp³-hybridized carbons (Fsp3) is 0.0588. The molecule has 0 amide bonds. The van der Waals surface area contributed by atoms with Crippen LogP contribution in [0.3, 0.4) is 0 Å². The maximum Gasteiger partial charge on any atom is 0.158 e. The molecule has 5 aromatic rings. The molecule has 3 heteroatoms. The summed E-state index contributed by atoms with van der Waals surface area (Å²) in [5.74, 6) is 13.3. The van der Waals surface area contributed by atoms with Gasteiger partial charge in [0.05, 0.1) is 11.5 Å². The summed E-state index contributed by atoms with van der Waals surface area (Å²) >= 11 is 0. The van der Waals surface area contributed by atoms with E-state index in [4.69, 9.17) is 0 Å². The van der Waals surface area contributed by atoms with Crippen LogP contribution >= 0.6 is 0 Å². The number of sulfone groups is 1. The Morgan fingerprint density at radius 3 is 1.84 bits per heavy atom. The van der Waals surface area contributed by atoms with Gasteiger partial charge in [0.25, 0.3) is 0 Å². The van der Waals surface area contributed by atoms with Crippen molar-refractivity contribution in [2.75, 3.05) is 0 Å². The van der Waals surface area contributed by atoms with E-state index in [1.807, 2.05) is 103 Å². The van der Waals surface area contributed by atoms with Crippen molar-refractivity contribution in [3.63, 3.8) is 0 Å². The largest absolute Gasteiger partial charge is 0.228 e. The molecule has 1 aliphatic heterocycles. The van der Waals surface area contributed by atoms with E-state index in [1.54, 1.807) is 0 Å². The quantitative estimate of drug-likeness (QED) is 0.242. The van der Waals surface area contributed by atoms with E-state index in [0.29, 0.717) is 0 Å². The lowest BCUT2D eigenvalue weighted by Gasteiger charge is -2.15. The molecule has 0 unspecified atom stereocenters.